The van der Waals surface area contributed by atoms with E-state index in [4.69, 9.17) is 4.74 Å². The summed E-state index contributed by atoms with van der Waals surface area (Å²) in [6.45, 7) is 5.96. The molecule has 0 bridgehead atoms. The molecule has 1 aromatic carbocycles. The Morgan fingerprint density at radius 3 is 2.50 bits per heavy atom. The number of benzene rings is 1. The van der Waals surface area contributed by atoms with Crippen LogP contribution < -0.4 is 4.90 Å². The van der Waals surface area contributed by atoms with Crippen LogP contribution >= 0.6 is 15.9 Å². The van der Waals surface area contributed by atoms with Crippen molar-refractivity contribution in [3.63, 3.8) is 0 Å². The zero-order chi connectivity index (χ0) is 14.5. The van der Waals surface area contributed by atoms with Crippen molar-refractivity contribution in [1.29, 1.82) is 0 Å². The van der Waals surface area contributed by atoms with Gasteiger partial charge in [0.25, 0.3) is 0 Å². The molecule has 4 nitrogen and oxygen atoms in total. The summed E-state index contributed by atoms with van der Waals surface area (Å²) in [5.74, 6) is 0.0993. The summed E-state index contributed by atoms with van der Waals surface area (Å²) in [5, 5.41) is 0. The SMILES string of the molecule is CC(Br)C(=O)N(C)Cc1ccc(N2CCOCC2)cc1. The number of ether oxygens (including phenoxy) is 1. The molecule has 1 atom stereocenters. The van der Waals surface area contributed by atoms with Gasteiger partial charge in [-0.2, -0.15) is 0 Å². The minimum atomic E-state index is -0.139. The molecule has 1 saturated heterocycles. The molecular weight excluding hydrogens is 320 g/mol. The second kappa shape index (κ2) is 7.09. The van der Waals surface area contributed by atoms with E-state index >= 15 is 0 Å². The van der Waals surface area contributed by atoms with Gasteiger partial charge < -0.3 is 14.5 Å². The smallest absolute Gasteiger partial charge is 0.236 e. The lowest BCUT2D eigenvalue weighted by atomic mass is 10.1. The molecule has 0 spiro atoms. The molecule has 0 saturated carbocycles. The number of halogens is 1. The zero-order valence-electron chi connectivity index (χ0n) is 12.0. The summed E-state index contributed by atoms with van der Waals surface area (Å²) >= 11 is 3.31. The van der Waals surface area contributed by atoms with Gasteiger partial charge in [0.1, 0.15) is 0 Å². The maximum Gasteiger partial charge on any atom is 0.236 e. The first-order valence-electron chi connectivity index (χ1n) is 6.88. The van der Waals surface area contributed by atoms with Gasteiger partial charge in [0.2, 0.25) is 5.91 Å². The summed E-state index contributed by atoms with van der Waals surface area (Å²) in [5.41, 5.74) is 2.37. The van der Waals surface area contributed by atoms with Gasteiger partial charge in [-0.25, -0.2) is 0 Å². The molecule has 5 heteroatoms. The summed E-state index contributed by atoms with van der Waals surface area (Å²) < 4.78 is 5.36. The second-order valence-corrected chi connectivity index (χ2v) is 6.45. The molecule has 0 radical (unpaired) electrons. The lowest BCUT2D eigenvalue weighted by Crippen LogP contribution is -2.36. The van der Waals surface area contributed by atoms with E-state index in [9.17, 15) is 4.79 Å². The summed E-state index contributed by atoms with van der Waals surface area (Å²) in [4.78, 5) is 15.7. The Hall–Kier alpha value is -1.07. The number of carbonyl (C=O) groups is 1. The molecule has 1 aliphatic rings. The molecule has 2 rings (SSSR count). The van der Waals surface area contributed by atoms with Crippen LogP contribution in [0.25, 0.3) is 0 Å². The zero-order valence-corrected chi connectivity index (χ0v) is 13.6. The van der Waals surface area contributed by atoms with E-state index in [1.165, 1.54) is 5.69 Å². The molecule has 0 aromatic heterocycles. The van der Waals surface area contributed by atoms with Gasteiger partial charge in [-0.3, -0.25) is 4.79 Å². The molecule has 20 heavy (non-hydrogen) atoms. The van der Waals surface area contributed by atoms with Crippen molar-refractivity contribution in [1.82, 2.24) is 4.90 Å². The Morgan fingerprint density at radius 2 is 1.95 bits per heavy atom. The normalized spacial score (nSPS) is 16.9. The third kappa shape index (κ3) is 3.96. The summed E-state index contributed by atoms with van der Waals surface area (Å²) in [7, 11) is 1.83. The molecular formula is C15H21BrN2O2. The number of carbonyl (C=O) groups excluding carboxylic acids is 1. The number of rotatable bonds is 4. The molecule has 1 heterocycles. The quantitative estimate of drug-likeness (QED) is 0.788. The predicted octanol–water partition coefficient (Wildman–Crippen LogP) is 2.27. The van der Waals surface area contributed by atoms with Gasteiger partial charge in [-0.1, -0.05) is 28.1 Å². The highest BCUT2D eigenvalue weighted by Crippen LogP contribution is 2.17. The van der Waals surface area contributed by atoms with Crippen LogP contribution in [0.3, 0.4) is 0 Å². The van der Waals surface area contributed by atoms with Gasteiger partial charge in [-0.05, 0) is 24.6 Å². The van der Waals surface area contributed by atoms with Crippen LogP contribution in [0.4, 0.5) is 5.69 Å². The molecule has 1 unspecified atom stereocenters. The number of hydrogen-bond donors (Lipinski definition) is 0. The highest BCUT2D eigenvalue weighted by atomic mass is 79.9. The van der Waals surface area contributed by atoms with Crippen LogP contribution in [-0.2, 0) is 16.1 Å². The average Bonchev–Trinajstić information content (AvgIpc) is 2.48. The van der Waals surface area contributed by atoms with Crippen molar-refractivity contribution in [2.45, 2.75) is 18.3 Å². The Kier molecular flexibility index (Phi) is 5.43. The molecule has 110 valence electrons. The van der Waals surface area contributed by atoms with E-state index in [2.05, 4.69) is 45.1 Å². The average molecular weight is 341 g/mol. The Morgan fingerprint density at radius 1 is 1.35 bits per heavy atom. The molecule has 1 amide bonds. The first kappa shape index (κ1) is 15.3. The fraction of sp³-hybridized carbons (Fsp3) is 0.533. The van der Waals surface area contributed by atoms with Gasteiger partial charge in [0.05, 0.1) is 18.0 Å². The lowest BCUT2D eigenvalue weighted by molar-refractivity contribution is -0.129. The first-order chi connectivity index (χ1) is 9.58. The third-order valence-corrected chi connectivity index (χ3v) is 3.84. The third-order valence-electron chi connectivity index (χ3n) is 3.45. The number of hydrogen-bond acceptors (Lipinski definition) is 3. The van der Waals surface area contributed by atoms with E-state index in [0.29, 0.717) is 6.54 Å². The van der Waals surface area contributed by atoms with Crippen LogP contribution in [0.5, 0.6) is 0 Å². The largest absolute Gasteiger partial charge is 0.378 e. The Labute approximate surface area is 128 Å². The monoisotopic (exact) mass is 340 g/mol. The van der Waals surface area contributed by atoms with Gasteiger partial charge in [0, 0.05) is 32.4 Å². The highest BCUT2D eigenvalue weighted by molar-refractivity contribution is 9.10. The summed E-state index contributed by atoms with van der Waals surface area (Å²) in [6.07, 6.45) is 0. The van der Waals surface area contributed by atoms with Gasteiger partial charge in [-0.15, -0.1) is 0 Å². The van der Waals surface area contributed by atoms with Gasteiger partial charge >= 0.3 is 0 Å². The molecule has 0 aliphatic carbocycles. The molecule has 1 aliphatic heterocycles. The number of anilines is 1. The lowest BCUT2D eigenvalue weighted by Gasteiger charge is -2.29. The number of morpholine rings is 1. The van der Waals surface area contributed by atoms with Crippen LogP contribution in [0.15, 0.2) is 24.3 Å². The van der Waals surface area contributed by atoms with E-state index in [0.717, 1.165) is 31.9 Å². The van der Waals surface area contributed by atoms with Gasteiger partial charge in [0.15, 0.2) is 0 Å². The molecule has 0 N–H and O–H groups in total. The maximum atomic E-state index is 11.8. The number of alkyl halides is 1. The minimum Gasteiger partial charge on any atom is -0.378 e. The van der Waals surface area contributed by atoms with Crippen LogP contribution in [0.1, 0.15) is 12.5 Å². The molecule has 1 aromatic rings. The minimum absolute atomic E-state index is 0.0993. The Bertz CT molecular complexity index is 442. The van der Waals surface area contributed by atoms with Crippen LogP contribution in [0, 0.1) is 0 Å². The number of amides is 1. The fourth-order valence-corrected chi connectivity index (χ4v) is 2.64. The molecule has 1 fully saturated rings. The Balaban J connectivity index is 1.95. The standard InChI is InChI=1S/C15H21BrN2O2/c1-12(16)15(19)17(2)11-13-3-5-14(6-4-13)18-7-9-20-10-8-18/h3-6,12H,7-11H2,1-2H3. The van der Waals surface area contributed by atoms with Crippen molar-refractivity contribution >= 4 is 27.5 Å². The number of nitrogens with zero attached hydrogens (tertiary/aromatic N) is 2. The highest BCUT2D eigenvalue weighted by Gasteiger charge is 2.15. The topological polar surface area (TPSA) is 32.8 Å². The van der Waals surface area contributed by atoms with Crippen molar-refractivity contribution in [2.24, 2.45) is 0 Å². The van der Waals surface area contributed by atoms with Crippen molar-refractivity contribution in [2.75, 3.05) is 38.3 Å². The fourth-order valence-electron chi connectivity index (χ4n) is 2.29. The first-order valence-corrected chi connectivity index (χ1v) is 7.80. The van der Waals surface area contributed by atoms with Crippen LogP contribution in [0.2, 0.25) is 0 Å². The predicted molar refractivity (Wildman–Crippen MR) is 84.3 cm³/mol. The van der Waals surface area contributed by atoms with E-state index in [-0.39, 0.29) is 10.7 Å². The van der Waals surface area contributed by atoms with Crippen molar-refractivity contribution in [3.05, 3.63) is 29.8 Å². The van der Waals surface area contributed by atoms with Crippen LogP contribution in [-0.4, -0.2) is 49.0 Å². The summed E-state index contributed by atoms with van der Waals surface area (Å²) in [6, 6.07) is 8.42. The van der Waals surface area contributed by atoms with Crippen molar-refractivity contribution < 1.29 is 9.53 Å². The van der Waals surface area contributed by atoms with E-state index in [1.54, 1.807) is 4.90 Å². The van der Waals surface area contributed by atoms with E-state index < -0.39 is 0 Å². The second-order valence-electron chi connectivity index (χ2n) is 5.08. The maximum absolute atomic E-state index is 11.8. The van der Waals surface area contributed by atoms with Crippen molar-refractivity contribution in [3.8, 4) is 0 Å². The van der Waals surface area contributed by atoms with E-state index in [1.807, 2.05) is 14.0 Å².